The van der Waals surface area contributed by atoms with Crippen LogP contribution in [0.15, 0.2) is 22.6 Å². The SMILES string of the molecule is CCC(N)c1cc2cc(C)cc(C(C)(C)C)c2o1. The minimum absolute atomic E-state index is 0.00877. The predicted molar refractivity (Wildman–Crippen MR) is 76.9 cm³/mol. The Balaban J connectivity index is 2.68. The summed E-state index contributed by atoms with van der Waals surface area (Å²) in [6.07, 6.45) is 0.893. The zero-order chi connectivity index (χ0) is 13.5. The minimum Gasteiger partial charge on any atom is -0.459 e. The fourth-order valence-corrected chi connectivity index (χ4v) is 2.26. The molecule has 2 aromatic rings. The van der Waals surface area contributed by atoms with Gasteiger partial charge in [0.2, 0.25) is 0 Å². The molecule has 0 amide bonds. The van der Waals surface area contributed by atoms with E-state index < -0.39 is 0 Å². The van der Waals surface area contributed by atoms with Crippen LogP contribution >= 0.6 is 0 Å². The standard InChI is InChI=1S/C16H23NO/c1-6-13(17)14-9-11-7-10(2)8-12(15(11)18-14)16(3,4)5/h7-9,13H,6,17H2,1-5H3. The second-order valence-corrected chi connectivity index (χ2v) is 6.14. The molecule has 1 unspecified atom stereocenters. The Hall–Kier alpha value is -1.28. The summed E-state index contributed by atoms with van der Waals surface area (Å²) in [6.45, 7) is 10.8. The highest BCUT2D eigenvalue weighted by atomic mass is 16.3. The molecule has 2 heteroatoms. The first-order chi connectivity index (χ1) is 8.32. The fourth-order valence-electron chi connectivity index (χ4n) is 2.26. The molecule has 1 aromatic heterocycles. The Morgan fingerprint density at radius 3 is 2.44 bits per heavy atom. The number of rotatable bonds is 2. The molecular formula is C16H23NO. The highest BCUT2D eigenvalue weighted by Crippen LogP contribution is 2.34. The molecule has 1 aromatic carbocycles. The molecule has 2 rings (SSSR count). The van der Waals surface area contributed by atoms with Crippen molar-refractivity contribution in [2.24, 2.45) is 5.73 Å². The van der Waals surface area contributed by atoms with Gasteiger partial charge >= 0.3 is 0 Å². The molecule has 2 nitrogen and oxygen atoms in total. The van der Waals surface area contributed by atoms with E-state index in [1.807, 2.05) is 0 Å². The van der Waals surface area contributed by atoms with E-state index in [0.29, 0.717) is 0 Å². The Morgan fingerprint density at radius 1 is 1.22 bits per heavy atom. The van der Waals surface area contributed by atoms with Crippen LogP contribution in [-0.2, 0) is 5.41 Å². The first-order valence-corrected chi connectivity index (χ1v) is 6.63. The van der Waals surface area contributed by atoms with E-state index in [1.165, 1.54) is 16.5 Å². The van der Waals surface area contributed by atoms with Crippen LogP contribution in [0.25, 0.3) is 11.0 Å². The third-order valence-electron chi connectivity index (χ3n) is 3.39. The van der Waals surface area contributed by atoms with Crippen LogP contribution in [-0.4, -0.2) is 0 Å². The van der Waals surface area contributed by atoms with Gasteiger partial charge in [-0.15, -0.1) is 0 Å². The largest absolute Gasteiger partial charge is 0.459 e. The summed E-state index contributed by atoms with van der Waals surface area (Å²) in [5.74, 6) is 0.892. The van der Waals surface area contributed by atoms with Gasteiger partial charge < -0.3 is 10.2 Å². The van der Waals surface area contributed by atoms with Gasteiger partial charge in [-0.2, -0.15) is 0 Å². The van der Waals surface area contributed by atoms with Gasteiger partial charge in [-0.05, 0) is 36.5 Å². The number of fused-ring (bicyclic) bond motifs is 1. The van der Waals surface area contributed by atoms with Crippen molar-refractivity contribution in [2.45, 2.75) is 52.5 Å². The van der Waals surface area contributed by atoms with Gasteiger partial charge in [-0.1, -0.05) is 33.8 Å². The van der Waals surface area contributed by atoms with Crippen molar-refractivity contribution in [3.05, 3.63) is 35.1 Å². The third kappa shape index (κ3) is 2.30. The normalized spacial score (nSPS) is 14.1. The van der Waals surface area contributed by atoms with Gasteiger partial charge in [-0.25, -0.2) is 0 Å². The lowest BCUT2D eigenvalue weighted by Crippen LogP contribution is -2.11. The molecule has 0 aliphatic carbocycles. The van der Waals surface area contributed by atoms with E-state index >= 15 is 0 Å². The Morgan fingerprint density at radius 2 is 1.89 bits per heavy atom. The molecule has 18 heavy (non-hydrogen) atoms. The second kappa shape index (κ2) is 4.43. The molecule has 1 heterocycles. The van der Waals surface area contributed by atoms with Crippen LogP contribution in [0.5, 0.6) is 0 Å². The number of hydrogen-bond acceptors (Lipinski definition) is 2. The number of aryl methyl sites for hydroxylation is 1. The van der Waals surface area contributed by atoms with Crippen molar-refractivity contribution in [3.8, 4) is 0 Å². The van der Waals surface area contributed by atoms with Crippen molar-refractivity contribution in [2.75, 3.05) is 0 Å². The van der Waals surface area contributed by atoms with Crippen LogP contribution in [0.2, 0.25) is 0 Å². The lowest BCUT2D eigenvalue weighted by Gasteiger charge is -2.19. The van der Waals surface area contributed by atoms with E-state index in [1.54, 1.807) is 0 Å². The van der Waals surface area contributed by atoms with Gasteiger partial charge in [-0.3, -0.25) is 0 Å². The topological polar surface area (TPSA) is 39.2 Å². The van der Waals surface area contributed by atoms with Gasteiger partial charge in [0, 0.05) is 10.9 Å². The molecule has 0 aliphatic heterocycles. The summed E-state index contributed by atoms with van der Waals surface area (Å²) < 4.78 is 6.01. The van der Waals surface area contributed by atoms with Crippen molar-refractivity contribution in [1.82, 2.24) is 0 Å². The summed E-state index contributed by atoms with van der Waals surface area (Å²) in [6, 6.07) is 6.46. The first-order valence-electron chi connectivity index (χ1n) is 6.63. The third-order valence-corrected chi connectivity index (χ3v) is 3.39. The summed E-state index contributed by atoms with van der Waals surface area (Å²) in [7, 11) is 0. The maximum absolute atomic E-state index is 6.06. The van der Waals surface area contributed by atoms with Crippen LogP contribution in [0.1, 0.15) is 57.0 Å². The van der Waals surface area contributed by atoms with Crippen LogP contribution in [0, 0.1) is 6.92 Å². The van der Waals surface area contributed by atoms with Crippen molar-refractivity contribution >= 4 is 11.0 Å². The molecule has 0 saturated carbocycles. The second-order valence-electron chi connectivity index (χ2n) is 6.14. The lowest BCUT2D eigenvalue weighted by atomic mass is 9.85. The van der Waals surface area contributed by atoms with Gasteiger partial charge in [0.1, 0.15) is 11.3 Å². The molecule has 0 aliphatic rings. The maximum Gasteiger partial charge on any atom is 0.138 e. The smallest absolute Gasteiger partial charge is 0.138 e. The number of hydrogen-bond donors (Lipinski definition) is 1. The molecule has 0 saturated heterocycles. The van der Waals surface area contributed by atoms with E-state index in [0.717, 1.165) is 17.8 Å². The molecule has 1 atom stereocenters. The highest BCUT2D eigenvalue weighted by Gasteiger charge is 2.21. The molecule has 0 fully saturated rings. The van der Waals surface area contributed by atoms with E-state index in [-0.39, 0.29) is 11.5 Å². The van der Waals surface area contributed by atoms with Gasteiger partial charge in [0.05, 0.1) is 6.04 Å². The fraction of sp³-hybridized carbons (Fsp3) is 0.500. The van der Waals surface area contributed by atoms with Gasteiger partial charge in [0.25, 0.3) is 0 Å². The summed E-state index contributed by atoms with van der Waals surface area (Å²) >= 11 is 0. The van der Waals surface area contributed by atoms with Crippen molar-refractivity contribution in [1.29, 1.82) is 0 Å². The quantitative estimate of drug-likeness (QED) is 0.849. The average molecular weight is 245 g/mol. The molecular weight excluding hydrogens is 222 g/mol. The monoisotopic (exact) mass is 245 g/mol. The Bertz CT molecular complexity index is 560. The highest BCUT2D eigenvalue weighted by molar-refractivity contribution is 5.83. The number of nitrogens with two attached hydrogens (primary N) is 1. The Labute approximate surface area is 109 Å². The van der Waals surface area contributed by atoms with Crippen LogP contribution in [0.3, 0.4) is 0 Å². The van der Waals surface area contributed by atoms with E-state index in [2.05, 4.69) is 52.8 Å². The molecule has 0 bridgehead atoms. The average Bonchev–Trinajstić information content (AvgIpc) is 2.68. The maximum atomic E-state index is 6.06. The summed E-state index contributed by atoms with van der Waals surface area (Å²) in [5, 5.41) is 1.17. The number of benzene rings is 1. The van der Waals surface area contributed by atoms with Gasteiger partial charge in [0.15, 0.2) is 0 Å². The van der Waals surface area contributed by atoms with Crippen molar-refractivity contribution in [3.63, 3.8) is 0 Å². The van der Waals surface area contributed by atoms with Crippen LogP contribution in [0.4, 0.5) is 0 Å². The first kappa shape index (κ1) is 13.2. The molecule has 0 spiro atoms. The summed E-state index contributed by atoms with van der Waals surface area (Å²) in [4.78, 5) is 0. The van der Waals surface area contributed by atoms with E-state index in [9.17, 15) is 0 Å². The summed E-state index contributed by atoms with van der Waals surface area (Å²) in [5.41, 5.74) is 9.66. The minimum atomic E-state index is -0.00877. The van der Waals surface area contributed by atoms with E-state index in [4.69, 9.17) is 10.2 Å². The molecule has 0 radical (unpaired) electrons. The zero-order valence-electron chi connectivity index (χ0n) is 12.0. The molecule has 98 valence electrons. The lowest BCUT2D eigenvalue weighted by molar-refractivity contribution is 0.478. The Kier molecular flexibility index (Phi) is 3.24. The molecule has 2 N–H and O–H groups in total. The predicted octanol–water partition coefficient (Wildman–Crippen LogP) is 4.45. The zero-order valence-corrected chi connectivity index (χ0v) is 12.0. The van der Waals surface area contributed by atoms with Crippen molar-refractivity contribution < 1.29 is 4.42 Å². The van der Waals surface area contributed by atoms with Crippen LogP contribution < -0.4 is 5.73 Å². The number of furan rings is 1.